The number of thiazole rings is 1. The van der Waals surface area contributed by atoms with Crippen LogP contribution in [0.3, 0.4) is 0 Å². The van der Waals surface area contributed by atoms with Crippen molar-refractivity contribution in [2.45, 2.75) is 32.4 Å². The Morgan fingerprint density at radius 2 is 2.31 bits per heavy atom. The number of hydrogen-bond donors (Lipinski definition) is 2. The van der Waals surface area contributed by atoms with Crippen LogP contribution in [0.25, 0.3) is 0 Å². The van der Waals surface area contributed by atoms with Crippen molar-refractivity contribution in [3.63, 3.8) is 0 Å². The van der Waals surface area contributed by atoms with E-state index in [2.05, 4.69) is 29.5 Å². The van der Waals surface area contributed by atoms with Gasteiger partial charge >= 0.3 is 6.03 Å². The first-order valence-corrected chi connectivity index (χ1v) is 9.35. The summed E-state index contributed by atoms with van der Waals surface area (Å²) >= 11 is 1.56. The monoisotopic (exact) mass is 376 g/mol. The number of nitrogens with one attached hydrogen (secondary N) is 2. The van der Waals surface area contributed by atoms with Gasteiger partial charge in [-0.3, -0.25) is 4.79 Å². The minimum Gasteiger partial charge on any atom is -0.352 e. The lowest BCUT2D eigenvalue weighted by molar-refractivity contribution is -0.127. The predicted octanol–water partition coefficient (Wildman–Crippen LogP) is 2.79. The quantitative estimate of drug-likeness (QED) is 0.862. The molecule has 0 bridgehead atoms. The van der Waals surface area contributed by atoms with E-state index in [-0.39, 0.29) is 18.5 Å². The summed E-state index contributed by atoms with van der Waals surface area (Å²) in [5, 5.41) is 8.48. The van der Waals surface area contributed by atoms with Crippen LogP contribution in [0.4, 0.5) is 9.18 Å². The van der Waals surface area contributed by atoms with E-state index < -0.39 is 11.9 Å². The van der Waals surface area contributed by atoms with E-state index in [1.807, 2.05) is 5.38 Å². The fourth-order valence-corrected chi connectivity index (χ4v) is 3.67. The Morgan fingerprint density at radius 3 is 3.00 bits per heavy atom. The fourth-order valence-electron chi connectivity index (χ4n) is 2.83. The second-order valence-corrected chi connectivity index (χ2v) is 7.32. The first-order chi connectivity index (χ1) is 12.5. The Morgan fingerprint density at radius 1 is 1.50 bits per heavy atom. The van der Waals surface area contributed by atoms with Crippen LogP contribution in [0, 0.1) is 5.82 Å². The third-order valence-corrected chi connectivity index (χ3v) is 5.32. The second kappa shape index (κ2) is 7.82. The highest BCUT2D eigenvalue weighted by Crippen LogP contribution is 2.24. The Balaban J connectivity index is 1.72. The molecule has 1 aliphatic heterocycles. The van der Waals surface area contributed by atoms with Crippen LogP contribution in [-0.2, 0) is 11.3 Å². The molecule has 0 aliphatic carbocycles. The summed E-state index contributed by atoms with van der Waals surface area (Å²) < 4.78 is 13.6. The molecule has 1 fully saturated rings. The highest BCUT2D eigenvalue weighted by atomic mass is 32.1. The molecule has 26 heavy (non-hydrogen) atoms. The normalized spacial score (nSPS) is 17.3. The third-order valence-electron chi connectivity index (χ3n) is 4.12. The molecule has 2 aromatic rings. The van der Waals surface area contributed by atoms with Crippen LogP contribution in [0.2, 0.25) is 0 Å². The molecule has 1 atom stereocenters. The van der Waals surface area contributed by atoms with Gasteiger partial charge in [0.05, 0.1) is 17.2 Å². The number of rotatable bonds is 4. The van der Waals surface area contributed by atoms with Crippen molar-refractivity contribution in [2.24, 2.45) is 0 Å². The number of amides is 3. The van der Waals surface area contributed by atoms with Gasteiger partial charge in [-0.25, -0.2) is 14.2 Å². The zero-order valence-corrected chi connectivity index (χ0v) is 15.5. The average molecular weight is 376 g/mol. The Bertz CT molecular complexity index is 808. The van der Waals surface area contributed by atoms with E-state index in [9.17, 15) is 14.0 Å². The molecule has 0 radical (unpaired) electrons. The van der Waals surface area contributed by atoms with E-state index >= 15 is 0 Å². The zero-order chi connectivity index (χ0) is 18.7. The van der Waals surface area contributed by atoms with Gasteiger partial charge in [0.1, 0.15) is 11.9 Å². The van der Waals surface area contributed by atoms with Crippen molar-refractivity contribution in [3.05, 3.63) is 51.7 Å². The van der Waals surface area contributed by atoms with Crippen molar-refractivity contribution >= 4 is 23.3 Å². The minimum atomic E-state index is -0.846. The number of halogens is 1. The molecule has 2 heterocycles. The molecule has 8 heteroatoms. The second-order valence-electron chi connectivity index (χ2n) is 6.43. The maximum atomic E-state index is 13.6. The maximum Gasteiger partial charge on any atom is 0.318 e. The molecule has 2 N–H and O–H groups in total. The standard InChI is InChI=1S/C18H21FN4O2S/c1-11(2)17-22-14(10-26-17)9-21-18(25)23-7-6-20-16(24)15(23)12-4-3-5-13(19)8-12/h3-5,8,10-11,15H,6-7,9H2,1-2H3,(H,20,24)(H,21,25)/t15-/m1/s1. The number of carbonyl (C=O) groups excluding carboxylic acids is 2. The van der Waals surface area contributed by atoms with Crippen LogP contribution in [0.5, 0.6) is 0 Å². The lowest BCUT2D eigenvalue weighted by Crippen LogP contribution is -2.54. The molecule has 0 saturated carbocycles. The van der Waals surface area contributed by atoms with Gasteiger partial charge in [0.25, 0.3) is 0 Å². The molecule has 1 saturated heterocycles. The van der Waals surface area contributed by atoms with Crippen molar-refractivity contribution < 1.29 is 14.0 Å². The van der Waals surface area contributed by atoms with Gasteiger partial charge in [-0.2, -0.15) is 0 Å². The maximum absolute atomic E-state index is 13.6. The van der Waals surface area contributed by atoms with E-state index in [4.69, 9.17) is 0 Å². The van der Waals surface area contributed by atoms with Crippen LogP contribution >= 0.6 is 11.3 Å². The van der Waals surface area contributed by atoms with E-state index in [0.29, 0.717) is 24.6 Å². The minimum absolute atomic E-state index is 0.288. The molecule has 0 spiro atoms. The Labute approximate surface area is 155 Å². The number of urea groups is 1. The highest BCUT2D eigenvalue weighted by molar-refractivity contribution is 7.09. The number of aromatic nitrogens is 1. The topological polar surface area (TPSA) is 74.3 Å². The van der Waals surface area contributed by atoms with Crippen molar-refractivity contribution in [1.29, 1.82) is 0 Å². The summed E-state index contributed by atoms with van der Waals surface area (Å²) in [5.41, 5.74) is 1.24. The lowest BCUT2D eigenvalue weighted by atomic mass is 10.0. The number of nitrogens with zero attached hydrogens (tertiary/aromatic N) is 2. The molecular formula is C18H21FN4O2S. The molecular weight excluding hydrogens is 355 g/mol. The largest absolute Gasteiger partial charge is 0.352 e. The van der Waals surface area contributed by atoms with E-state index in [0.717, 1.165) is 10.7 Å². The van der Waals surface area contributed by atoms with Gasteiger partial charge in [-0.05, 0) is 17.7 Å². The molecule has 3 amide bonds. The van der Waals surface area contributed by atoms with Crippen molar-refractivity contribution in [1.82, 2.24) is 20.5 Å². The van der Waals surface area contributed by atoms with Gasteiger partial charge in [-0.15, -0.1) is 11.3 Å². The van der Waals surface area contributed by atoms with Gasteiger partial charge in [0.2, 0.25) is 5.91 Å². The summed E-state index contributed by atoms with van der Waals surface area (Å²) in [6.07, 6.45) is 0. The molecule has 1 aliphatic rings. The van der Waals surface area contributed by atoms with E-state index in [1.165, 1.54) is 23.1 Å². The third kappa shape index (κ3) is 4.01. The first-order valence-electron chi connectivity index (χ1n) is 8.47. The lowest BCUT2D eigenvalue weighted by Gasteiger charge is -2.35. The predicted molar refractivity (Wildman–Crippen MR) is 97.3 cm³/mol. The SMILES string of the molecule is CC(C)c1nc(CNC(=O)N2CCNC(=O)[C@H]2c2cccc(F)c2)cs1. The molecule has 0 unspecified atom stereocenters. The van der Waals surface area contributed by atoms with Crippen LogP contribution in [0.15, 0.2) is 29.6 Å². The number of carbonyl (C=O) groups is 2. The van der Waals surface area contributed by atoms with Crippen molar-refractivity contribution in [2.75, 3.05) is 13.1 Å². The number of benzene rings is 1. The summed E-state index contributed by atoms with van der Waals surface area (Å²) in [6.45, 7) is 5.14. The van der Waals surface area contributed by atoms with Gasteiger partial charge in [-0.1, -0.05) is 26.0 Å². The molecule has 6 nitrogen and oxygen atoms in total. The Kier molecular flexibility index (Phi) is 5.51. The van der Waals surface area contributed by atoms with Gasteiger partial charge < -0.3 is 15.5 Å². The van der Waals surface area contributed by atoms with Gasteiger partial charge in [0, 0.05) is 24.4 Å². The molecule has 1 aromatic heterocycles. The van der Waals surface area contributed by atoms with E-state index in [1.54, 1.807) is 17.4 Å². The van der Waals surface area contributed by atoms with Crippen LogP contribution in [0.1, 0.15) is 42.1 Å². The Hall–Kier alpha value is -2.48. The molecule has 3 rings (SSSR count). The fraction of sp³-hybridized carbons (Fsp3) is 0.389. The van der Waals surface area contributed by atoms with Crippen LogP contribution in [-0.4, -0.2) is 34.9 Å². The zero-order valence-electron chi connectivity index (χ0n) is 14.7. The van der Waals surface area contributed by atoms with Crippen molar-refractivity contribution in [3.8, 4) is 0 Å². The van der Waals surface area contributed by atoms with Gasteiger partial charge in [0.15, 0.2) is 0 Å². The number of piperazine rings is 1. The summed E-state index contributed by atoms with van der Waals surface area (Å²) in [5.74, 6) is -0.412. The molecule has 1 aromatic carbocycles. The van der Waals surface area contributed by atoms with Crippen LogP contribution < -0.4 is 10.6 Å². The highest BCUT2D eigenvalue weighted by Gasteiger charge is 2.34. The summed E-state index contributed by atoms with van der Waals surface area (Å²) in [7, 11) is 0. The first kappa shape index (κ1) is 18.3. The molecule has 138 valence electrons. The smallest absolute Gasteiger partial charge is 0.318 e. The summed E-state index contributed by atoms with van der Waals surface area (Å²) in [6, 6.07) is 4.56. The average Bonchev–Trinajstić information content (AvgIpc) is 3.09. The number of hydrogen-bond acceptors (Lipinski definition) is 4. The summed E-state index contributed by atoms with van der Waals surface area (Å²) in [4.78, 5) is 30.9.